The number of benzene rings is 3. The number of amides is 2. The third-order valence-electron chi connectivity index (χ3n) is 5.52. The number of rotatable bonds is 5. The maximum absolute atomic E-state index is 12.9. The van der Waals surface area contributed by atoms with E-state index in [1.54, 1.807) is 12.0 Å². The molecule has 1 N–H and O–H groups in total. The molecule has 1 fully saturated rings. The molecule has 0 saturated carbocycles. The second-order valence-corrected chi connectivity index (χ2v) is 7.38. The summed E-state index contributed by atoms with van der Waals surface area (Å²) < 4.78 is 5.37. The molecule has 1 aliphatic rings. The van der Waals surface area contributed by atoms with E-state index in [1.165, 1.54) is 0 Å². The molecule has 1 aliphatic heterocycles. The Bertz CT molecular complexity index is 1060. The Kier molecular flexibility index (Phi) is 5.21. The van der Waals surface area contributed by atoms with E-state index >= 15 is 0 Å². The van der Waals surface area contributed by atoms with Crippen molar-refractivity contribution in [3.8, 4) is 5.75 Å². The molecule has 3 aromatic carbocycles. The lowest BCUT2D eigenvalue weighted by Gasteiger charge is -2.21. The zero-order valence-corrected chi connectivity index (χ0v) is 16.6. The number of nitrogens with zero attached hydrogens (tertiary/aromatic N) is 1. The van der Waals surface area contributed by atoms with Gasteiger partial charge in [-0.15, -0.1) is 0 Å². The highest BCUT2D eigenvalue weighted by atomic mass is 16.5. The standard InChI is InChI=1S/C24H24N2O3/c1-16(19-11-7-9-17-8-3-4-10-20(17)19)25-24(28)18-14-23(27)26(15-18)21-12-5-6-13-22(21)29-2/h3-13,16,18H,14-15H2,1-2H3,(H,25,28)/t16-,18-/m1/s1. The second-order valence-electron chi connectivity index (χ2n) is 7.38. The van der Waals surface area contributed by atoms with Gasteiger partial charge >= 0.3 is 0 Å². The summed E-state index contributed by atoms with van der Waals surface area (Å²) in [5, 5.41) is 5.37. The molecule has 3 aromatic rings. The average Bonchev–Trinajstić information content (AvgIpc) is 3.14. The van der Waals surface area contributed by atoms with Gasteiger partial charge in [0.25, 0.3) is 0 Å². The van der Waals surface area contributed by atoms with Crippen molar-refractivity contribution in [2.24, 2.45) is 5.92 Å². The number of methoxy groups -OCH3 is 1. The van der Waals surface area contributed by atoms with Gasteiger partial charge in [0.15, 0.2) is 0 Å². The van der Waals surface area contributed by atoms with Crippen molar-refractivity contribution in [2.45, 2.75) is 19.4 Å². The topological polar surface area (TPSA) is 58.6 Å². The van der Waals surface area contributed by atoms with Crippen LogP contribution in [0.1, 0.15) is 24.9 Å². The van der Waals surface area contributed by atoms with Crippen LogP contribution in [0.3, 0.4) is 0 Å². The largest absolute Gasteiger partial charge is 0.495 e. The van der Waals surface area contributed by atoms with Gasteiger partial charge in [-0.3, -0.25) is 9.59 Å². The molecule has 5 nitrogen and oxygen atoms in total. The van der Waals surface area contributed by atoms with E-state index in [0.717, 1.165) is 16.3 Å². The first-order valence-electron chi connectivity index (χ1n) is 9.80. The van der Waals surface area contributed by atoms with E-state index in [9.17, 15) is 9.59 Å². The Morgan fingerprint density at radius 3 is 2.62 bits per heavy atom. The van der Waals surface area contributed by atoms with E-state index < -0.39 is 0 Å². The molecular weight excluding hydrogens is 364 g/mol. The van der Waals surface area contributed by atoms with Gasteiger partial charge < -0.3 is 15.0 Å². The van der Waals surface area contributed by atoms with Gasteiger partial charge in [0.2, 0.25) is 11.8 Å². The fourth-order valence-corrected chi connectivity index (χ4v) is 4.01. The second kappa shape index (κ2) is 7.95. The van der Waals surface area contributed by atoms with E-state index in [0.29, 0.717) is 18.0 Å². The third kappa shape index (κ3) is 3.68. The lowest BCUT2D eigenvalue weighted by molar-refractivity contribution is -0.126. The highest BCUT2D eigenvalue weighted by molar-refractivity contribution is 6.01. The van der Waals surface area contributed by atoms with E-state index in [-0.39, 0.29) is 30.2 Å². The van der Waals surface area contributed by atoms with Gasteiger partial charge in [0.05, 0.1) is 24.8 Å². The summed E-state index contributed by atoms with van der Waals surface area (Å²) in [5.41, 5.74) is 1.78. The van der Waals surface area contributed by atoms with Gasteiger partial charge in [-0.1, -0.05) is 54.6 Å². The normalized spacial score (nSPS) is 17.4. The van der Waals surface area contributed by atoms with Gasteiger partial charge in [0, 0.05) is 13.0 Å². The molecule has 0 spiro atoms. The van der Waals surface area contributed by atoms with Crippen LogP contribution in [0, 0.1) is 5.92 Å². The molecule has 2 amide bonds. The number of nitrogens with one attached hydrogen (secondary N) is 1. The van der Waals surface area contributed by atoms with Crippen LogP contribution >= 0.6 is 0 Å². The highest BCUT2D eigenvalue weighted by Gasteiger charge is 2.36. The van der Waals surface area contributed by atoms with Crippen LogP contribution < -0.4 is 15.0 Å². The number of anilines is 1. The summed E-state index contributed by atoms with van der Waals surface area (Å²) in [7, 11) is 1.58. The summed E-state index contributed by atoms with van der Waals surface area (Å²) in [4.78, 5) is 27.1. The van der Waals surface area contributed by atoms with Crippen molar-refractivity contribution in [1.82, 2.24) is 5.32 Å². The van der Waals surface area contributed by atoms with Crippen LogP contribution in [0.4, 0.5) is 5.69 Å². The number of ether oxygens (including phenoxy) is 1. The van der Waals surface area contributed by atoms with Gasteiger partial charge in [-0.2, -0.15) is 0 Å². The lowest BCUT2D eigenvalue weighted by atomic mass is 9.99. The maximum atomic E-state index is 12.9. The quantitative estimate of drug-likeness (QED) is 0.717. The van der Waals surface area contributed by atoms with Crippen molar-refractivity contribution >= 4 is 28.3 Å². The Morgan fingerprint density at radius 2 is 1.79 bits per heavy atom. The predicted molar refractivity (Wildman–Crippen MR) is 114 cm³/mol. The molecule has 0 radical (unpaired) electrons. The summed E-state index contributed by atoms with van der Waals surface area (Å²) in [5.74, 6) is 0.0829. The van der Waals surface area contributed by atoms with Gasteiger partial charge in [-0.25, -0.2) is 0 Å². The van der Waals surface area contributed by atoms with Gasteiger partial charge in [-0.05, 0) is 35.4 Å². The molecule has 1 saturated heterocycles. The number of hydrogen-bond acceptors (Lipinski definition) is 3. The number of fused-ring (bicyclic) bond motifs is 1. The summed E-state index contributed by atoms with van der Waals surface area (Å²) in [6, 6.07) is 21.5. The van der Waals surface area contributed by atoms with Crippen LogP contribution in [0.15, 0.2) is 66.7 Å². The Hall–Kier alpha value is -3.34. The number of para-hydroxylation sites is 2. The Balaban J connectivity index is 1.50. The van der Waals surface area contributed by atoms with Crippen molar-refractivity contribution in [1.29, 1.82) is 0 Å². The van der Waals surface area contributed by atoms with Crippen molar-refractivity contribution in [3.63, 3.8) is 0 Å². The SMILES string of the molecule is COc1ccccc1N1C[C@H](C(=O)N[C@H](C)c2cccc3ccccc23)CC1=O. The minimum atomic E-state index is -0.384. The molecule has 0 aromatic heterocycles. The number of hydrogen-bond donors (Lipinski definition) is 1. The number of carbonyl (C=O) groups excluding carboxylic acids is 2. The molecule has 2 atom stereocenters. The maximum Gasteiger partial charge on any atom is 0.227 e. The molecule has 0 unspecified atom stereocenters. The first-order chi connectivity index (χ1) is 14.1. The lowest BCUT2D eigenvalue weighted by Crippen LogP contribution is -2.34. The fourth-order valence-electron chi connectivity index (χ4n) is 4.01. The van der Waals surface area contributed by atoms with E-state index in [1.807, 2.05) is 55.5 Å². The van der Waals surface area contributed by atoms with E-state index in [4.69, 9.17) is 4.74 Å². The zero-order valence-electron chi connectivity index (χ0n) is 16.6. The molecule has 0 aliphatic carbocycles. The third-order valence-corrected chi connectivity index (χ3v) is 5.52. The molecule has 1 heterocycles. The Morgan fingerprint density at radius 1 is 1.07 bits per heavy atom. The molecule has 148 valence electrons. The van der Waals surface area contributed by atoms with Crippen LogP contribution in [0.25, 0.3) is 10.8 Å². The van der Waals surface area contributed by atoms with Crippen molar-refractivity contribution < 1.29 is 14.3 Å². The van der Waals surface area contributed by atoms with Crippen LogP contribution in [-0.4, -0.2) is 25.5 Å². The summed E-state index contributed by atoms with van der Waals surface area (Å²) in [6.07, 6.45) is 0.201. The minimum absolute atomic E-state index is 0.0625. The molecule has 5 heteroatoms. The smallest absolute Gasteiger partial charge is 0.227 e. The molecular formula is C24H24N2O3. The van der Waals surface area contributed by atoms with Crippen LogP contribution in [0.5, 0.6) is 5.75 Å². The fraction of sp³-hybridized carbons (Fsp3) is 0.250. The van der Waals surface area contributed by atoms with Gasteiger partial charge in [0.1, 0.15) is 5.75 Å². The minimum Gasteiger partial charge on any atom is -0.495 e. The monoisotopic (exact) mass is 388 g/mol. The van der Waals surface area contributed by atoms with Crippen molar-refractivity contribution in [2.75, 3.05) is 18.6 Å². The zero-order chi connectivity index (χ0) is 20.4. The van der Waals surface area contributed by atoms with Crippen molar-refractivity contribution in [3.05, 3.63) is 72.3 Å². The highest BCUT2D eigenvalue weighted by Crippen LogP contribution is 2.33. The first kappa shape index (κ1) is 19.0. The van der Waals surface area contributed by atoms with Crippen LogP contribution in [0.2, 0.25) is 0 Å². The average molecular weight is 388 g/mol. The Labute approximate surface area is 170 Å². The molecule has 29 heavy (non-hydrogen) atoms. The molecule has 0 bridgehead atoms. The summed E-state index contributed by atoms with van der Waals surface area (Å²) >= 11 is 0. The summed E-state index contributed by atoms with van der Waals surface area (Å²) in [6.45, 7) is 2.34. The first-order valence-corrected chi connectivity index (χ1v) is 9.80. The molecule has 4 rings (SSSR count). The predicted octanol–water partition coefficient (Wildman–Crippen LogP) is 4.08. The van der Waals surface area contributed by atoms with Crippen LogP contribution in [-0.2, 0) is 9.59 Å². The number of carbonyl (C=O) groups is 2. The van der Waals surface area contributed by atoms with E-state index in [2.05, 4.69) is 23.5 Å².